The Morgan fingerprint density at radius 3 is 2.47 bits per heavy atom. The minimum Gasteiger partial charge on any atom is -0.435 e. The fourth-order valence-electron chi connectivity index (χ4n) is 3.88. The van der Waals surface area contributed by atoms with Crippen molar-refractivity contribution in [2.75, 3.05) is 6.54 Å². The molecule has 3 rings (SSSR count). The zero-order valence-corrected chi connectivity index (χ0v) is 16.4. The van der Waals surface area contributed by atoms with Crippen LogP contribution in [-0.2, 0) is 15.1 Å². The number of carbonyl (C=O) groups excluding carboxylic acids is 3. The lowest BCUT2D eigenvalue weighted by molar-refractivity contribution is -0.135. The lowest BCUT2D eigenvalue weighted by atomic mass is 9.83. The van der Waals surface area contributed by atoms with E-state index in [4.69, 9.17) is 0 Å². The number of ether oxygens (including phenoxy) is 1. The van der Waals surface area contributed by atoms with E-state index in [1.54, 1.807) is 0 Å². The molecule has 30 heavy (non-hydrogen) atoms. The van der Waals surface area contributed by atoms with Crippen molar-refractivity contribution in [2.24, 2.45) is 0 Å². The highest BCUT2D eigenvalue weighted by molar-refractivity contribution is 6.09. The molecule has 2 aliphatic rings. The number of halogens is 2. The average molecular weight is 420 g/mol. The van der Waals surface area contributed by atoms with E-state index in [-0.39, 0.29) is 5.75 Å². The molecular formula is C20H22F2N4O4. The summed E-state index contributed by atoms with van der Waals surface area (Å²) in [5.74, 6) is -1.33. The molecule has 160 valence electrons. The largest absolute Gasteiger partial charge is 0.435 e. The maximum Gasteiger partial charge on any atom is 0.387 e. The summed E-state index contributed by atoms with van der Waals surface area (Å²) in [7, 11) is 0. The minimum atomic E-state index is -2.98. The highest BCUT2D eigenvalue weighted by Crippen LogP contribution is 2.31. The quantitative estimate of drug-likeness (QED) is 0.687. The molecule has 8 nitrogen and oxygen atoms in total. The smallest absolute Gasteiger partial charge is 0.387 e. The Balaban J connectivity index is 1.71. The van der Waals surface area contributed by atoms with Crippen LogP contribution in [0.2, 0.25) is 0 Å². The molecule has 4 amide bonds. The first kappa shape index (κ1) is 21.5. The predicted octanol–water partition coefficient (Wildman–Crippen LogP) is 2.40. The van der Waals surface area contributed by atoms with Crippen LogP contribution < -0.4 is 15.4 Å². The van der Waals surface area contributed by atoms with Crippen molar-refractivity contribution in [2.45, 2.75) is 56.7 Å². The van der Waals surface area contributed by atoms with Gasteiger partial charge in [0.05, 0.1) is 6.07 Å². The topological polar surface area (TPSA) is 112 Å². The van der Waals surface area contributed by atoms with Crippen molar-refractivity contribution in [3.05, 3.63) is 29.8 Å². The third-order valence-electron chi connectivity index (χ3n) is 5.53. The van der Waals surface area contributed by atoms with Gasteiger partial charge in [-0.15, -0.1) is 0 Å². The van der Waals surface area contributed by atoms with Gasteiger partial charge in [0.2, 0.25) is 5.91 Å². The number of nitrogens with zero attached hydrogens (tertiary/aromatic N) is 2. The second-order valence-corrected chi connectivity index (χ2v) is 7.65. The fourth-order valence-corrected chi connectivity index (χ4v) is 3.88. The van der Waals surface area contributed by atoms with Crippen LogP contribution in [0.4, 0.5) is 13.6 Å². The molecule has 0 bridgehead atoms. The maximum absolute atomic E-state index is 12.9. The Labute approximate surface area is 172 Å². The van der Waals surface area contributed by atoms with Crippen LogP contribution in [0, 0.1) is 11.3 Å². The van der Waals surface area contributed by atoms with Gasteiger partial charge in [-0.3, -0.25) is 14.5 Å². The van der Waals surface area contributed by atoms with Crippen molar-refractivity contribution in [1.82, 2.24) is 15.5 Å². The molecule has 1 aromatic carbocycles. The number of benzene rings is 1. The number of nitrogens with one attached hydrogen (secondary N) is 2. The lowest BCUT2D eigenvalue weighted by Crippen LogP contribution is -2.52. The summed E-state index contributed by atoms with van der Waals surface area (Å²) in [5, 5.41) is 14.7. The minimum absolute atomic E-state index is 0.0837. The molecular weight excluding hydrogens is 398 g/mol. The van der Waals surface area contributed by atoms with Crippen LogP contribution in [0.1, 0.15) is 44.6 Å². The Kier molecular flexibility index (Phi) is 5.92. The van der Waals surface area contributed by atoms with E-state index in [0.717, 1.165) is 24.2 Å². The normalized spacial score (nSPS) is 23.1. The van der Waals surface area contributed by atoms with Gasteiger partial charge in [-0.05, 0) is 37.5 Å². The number of nitriles is 1. The van der Waals surface area contributed by atoms with Crippen LogP contribution in [0.5, 0.6) is 5.75 Å². The summed E-state index contributed by atoms with van der Waals surface area (Å²) in [5.41, 5.74) is -2.08. The Hall–Kier alpha value is -3.22. The van der Waals surface area contributed by atoms with Crippen LogP contribution in [-0.4, -0.2) is 41.4 Å². The summed E-state index contributed by atoms with van der Waals surface area (Å²) in [4.78, 5) is 38.6. The monoisotopic (exact) mass is 420 g/mol. The first-order valence-electron chi connectivity index (χ1n) is 9.61. The average Bonchev–Trinajstić information content (AvgIpc) is 2.92. The zero-order valence-electron chi connectivity index (χ0n) is 16.4. The van der Waals surface area contributed by atoms with Gasteiger partial charge in [0, 0.05) is 0 Å². The number of imide groups is 1. The van der Waals surface area contributed by atoms with E-state index < -0.39 is 42.1 Å². The van der Waals surface area contributed by atoms with Gasteiger partial charge in [0.15, 0.2) is 0 Å². The van der Waals surface area contributed by atoms with E-state index in [2.05, 4.69) is 21.4 Å². The van der Waals surface area contributed by atoms with Crippen LogP contribution in [0.3, 0.4) is 0 Å². The fraction of sp³-hybridized carbons (Fsp3) is 0.500. The molecule has 0 spiro atoms. The van der Waals surface area contributed by atoms with Gasteiger partial charge >= 0.3 is 12.6 Å². The Morgan fingerprint density at radius 1 is 1.27 bits per heavy atom. The van der Waals surface area contributed by atoms with Crippen molar-refractivity contribution in [1.29, 1.82) is 5.26 Å². The molecule has 1 aromatic rings. The second-order valence-electron chi connectivity index (χ2n) is 7.65. The first-order chi connectivity index (χ1) is 14.2. The number of hydrogen-bond donors (Lipinski definition) is 2. The number of amides is 4. The Bertz CT molecular complexity index is 878. The van der Waals surface area contributed by atoms with Crippen molar-refractivity contribution in [3.8, 4) is 11.8 Å². The number of rotatable bonds is 6. The molecule has 1 saturated carbocycles. The highest BCUT2D eigenvalue weighted by atomic mass is 19.3. The number of carbonyl (C=O) groups is 3. The first-order valence-corrected chi connectivity index (χ1v) is 9.61. The second kappa shape index (κ2) is 8.26. The van der Waals surface area contributed by atoms with E-state index in [9.17, 15) is 28.4 Å². The molecule has 0 radical (unpaired) electrons. The van der Waals surface area contributed by atoms with Crippen molar-refractivity contribution in [3.63, 3.8) is 0 Å². The zero-order chi connectivity index (χ0) is 21.9. The van der Waals surface area contributed by atoms with Gasteiger partial charge in [0.25, 0.3) is 5.91 Å². The summed E-state index contributed by atoms with van der Waals surface area (Å²) < 4.78 is 28.9. The molecule has 1 aliphatic heterocycles. The lowest BCUT2D eigenvalue weighted by Gasteiger charge is -2.32. The van der Waals surface area contributed by atoms with Gasteiger partial charge < -0.3 is 15.4 Å². The molecule has 0 aromatic heterocycles. The van der Waals surface area contributed by atoms with Gasteiger partial charge in [-0.25, -0.2) is 4.79 Å². The molecule has 1 saturated heterocycles. The number of hydrogen-bond acceptors (Lipinski definition) is 5. The predicted molar refractivity (Wildman–Crippen MR) is 100 cm³/mol. The third kappa shape index (κ3) is 4.20. The SMILES string of the molecule is C[C@@]1(c2ccc(OC(F)F)cc2)NC(=O)N(CC(=O)NC2(C#N)CCCCC2)C1=O. The van der Waals surface area contributed by atoms with E-state index >= 15 is 0 Å². The molecule has 1 atom stereocenters. The standard InChI is InChI=1S/C20H22F2N4O4/c1-19(13-5-7-14(8-6-13)30-17(21)22)16(28)26(18(29)25-19)11-15(27)24-20(12-23)9-3-2-4-10-20/h5-8,17H,2-4,9-11H2,1H3,(H,24,27)(H,25,29)/t19-/m0/s1. The van der Waals surface area contributed by atoms with E-state index in [1.807, 2.05) is 0 Å². The van der Waals surface area contributed by atoms with Gasteiger partial charge in [-0.2, -0.15) is 14.0 Å². The van der Waals surface area contributed by atoms with E-state index in [1.165, 1.54) is 31.2 Å². The maximum atomic E-state index is 12.9. The van der Waals surface area contributed by atoms with Crippen LogP contribution in [0.25, 0.3) is 0 Å². The molecule has 0 unspecified atom stereocenters. The summed E-state index contributed by atoms with van der Waals surface area (Å²) in [6.45, 7) is -2.03. The summed E-state index contributed by atoms with van der Waals surface area (Å²) in [6.07, 6.45) is 3.69. The number of alkyl halides is 2. The van der Waals surface area contributed by atoms with Crippen LogP contribution in [0.15, 0.2) is 24.3 Å². The molecule has 2 N–H and O–H groups in total. The molecule has 1 heterocycles. The summed E-state index contributed by atoms with van der Waals surface area (Å²) >= 11 is 0. The van der Waals surface area contributed by atoms with Crippen molar-refractivity contribution < 1.29 is 27.9 Å². The van der Waals surface area contributed by atoms with Crippen molar-refractivity contribution >= 4 is 17.8 Å². The van der Waals surface area contributed by atoms with E-state index in [0.29, 0.717) is 18.4 Å². The Morgan fingerprint density at radius 2 is 1.90 bits per heavy atom. The van der Waals surface area contributed by atoms with Gasteiger partial charge in [0.1, 0.15) is 23.4 Å². The molecule has 2 fully saturated rings. The van der Waals surface area contributed by atoms with Crippen LogP contribution >= 0.6 is 0 Å². The van der Waals surface area contributed by atoms with Gasteiger partial charge in [-0.1, -0.05) is 31.4 Å². The number of urea groups is 1. The molecule has 1 aliphatic carbocycles. The highest BCUT2D eigenvalue weighted by Gasteiger charge is 2.49. The summed E-state index contributed by atoms with van der Waals surface area (Å²) in [6, 6.07) is 6.73. The molecule has 10 heteroatoms. The third-order valence-corrected chi connectivity index (χ3v) is 5.53.